The summed E-state index contributed by atoms with van der Waals surface area (Å²) in [4.78, 5) is 35.4. The maximum Gasteiger partial charge on any atom is 0.377 e. The first-order chi connectivity index (χ1) is 11.6. The molecule has 0 saturated carbocycles. The number of nitrogens with one attached hydrogen (secondary N) is 1. The zero-order valence-electron chi connectivity index (χ0n) is 13.6. The molecular weight excluding hydrogens is 374 g/mol. The first-order valence-electron chi connectivity index (χ1n) is 7.36. The number of amides is 1. The normalized spacial score (nSPS) is 27.8. The second-order valence-corrected chi connectivity index (χ2v) is 8.72. The molecule has 4 N–H and O–H groups in total. The van der Waals surface area contributed by atoms with Crippen LogP contribution in [0.1, 0.15) is 13.8 Å². The number of cyclic esters (lactones) is 1. The third kappa shape index (κ3) is 4.53. The van der Waals surface area contributed by atoms with Crippen molar-refractivity contribution in [1.29, 1.82) is 0 Å². The van der Waals surface area contributed by atoms with Crippen molar-refractivity contribution in [3.8, 4) is 0 Å². The summed E-state index contributed by atoms with van der Waals surface area (Å²) in [5.74, 6) is -3.11. The summed E-state index contributed by atoms with van der Waals surface area (Å²) in [6, 6.07) is -0.888. The molecular formula is C14H19NO8S2. The fraction of sp³-hybridized carbons (Fsp3) is 0.643. The lowest BCUT2D eigenvalue weighted by Crippen LogP contribution is -2.50. The number of hydrogen-bond donors (Lipinski definition) is 4. The first kappa shape index (κ1) is 19.7. The average molecular weight is 393 g/mol. The van der Waals surface area contributed by atoms with Gasteiger partial charge in [-0.05, 0) is 0 Å². The van der Waals surface area contributed by atoms with Crippen molar-refractivity contribution in [3.05, 3.63) is 11.5 Å². The van der Waals surface area contributed by atoms with Crippen LogP contribution in [0.25, 0.3) is 0 Å². The van der Waals surface area contributed by atoms with E-state index in [2.05, 4.69) is 10.1 Å². The second-order valence-electron chi connectivity index (χ2n) is 6.21. The van der Waals surface area contributed by atoms with Gasteiger partial charge in [-0.25, -0.2) is 9.59 Å². The predicted octanol–water partition coefficient (Wildman–Crippen LogP) is 0.0495. The lowest BCUT2D eigenvalue weighted by atomic mass is 9.95. The molecule has 140 valence electrons. The minimum atomic E-state index is -1.56. The van der Waals surface area contributed by atoms with Gasteiger partial charge in [0.1, 0.15) is 18.8 Å². The highest BCUT2D eigenvalue weighted by Crippen LogP contribution is 2.33. The van der Waals surface area contributed by atoms with Gasteiger partial charge in [-0.1, -0.05) is 35.4 Å². The number of esters is 2. The lowest BCUT2D eigenvalue weighted by molar-refractivity contribution is -0.156. The largest absolute Gasteiger partial charge is 0.505 e. The smallest absolute Gasteiger partial charge is 0.377 e. The van der Waals surface area contributed by atoms with Crippen LogP contribution in [-0.2, 0) is 23.9 Å². The predicted molar refractivity (Wildman–Crippen MR) is 89.8 cm³/mol. The molecule has 25 heavy (non-hydrogen) atoms. The highest BCUT2D eigenvalue weighted by molar-refractivity contribution is 8.76. The van der Waals surface area contributed by atoms with Gasteiger partial charge < -0.3 is 30.1 Å². The molecule has 2 rings (SSSR count). The molecule has 0 aromatic heterocycles. The van der Waals surface area contributed by atoms with Crippen molar-refractivity contribution in [1.82, 2.24) is 5.32 Å². The number of carbonyl (C=O) groups is 3. The number of hydrogen-bond acceptors (Lipinski definition) is 10. The molecule has 11 heteroatoms. The Morgan fingerprint density at radius 2 is 2.08 bits per heavy atom. The molecule has 0 radical (unpaired) electrons. The summed E-state index contributed by atoms with van der Waals surface area (Å²) < 4.78 is 9.53. The van der Waals surface area contributed by atoms with Crippen molar-refractivity contribution in [3.63, 3.8) is 0 Å². The van der Waals surface area contributed by atoms with E-state index >= 15 is 0 Å². The molecule has 2 aliphatic heterocycles. The fourth-order valence-electron chi connectivity index (χ4n) is 1.98. The second kappa shape index (κ2) is 7.75. The minimum absolute atomic E-state index is 0.280. The van der Waals surface area contributed by atoms with Gasteiger partial charge in [0, 0.05) is 11.5 Å². The maximum atomic E-state index is 12.2. The maximum absolute atomic E-state index is 12.2. The summed E-state index contributed by atoms with van der Waals surface area (Å²) in [5, 5.41) is 31.2. The van der Waals surface area contributed by atoms with Crippen LogP contribution in [0.4, 0.5) is 0 Å². The molecule has 0 bridgehead atoms. The Bertz CT molecular complexity index is 606. The molecule has 0 aromatic rings. The van der Waals surface area contributed by atoms with E-state index in [0.717, 1.165) is 0 Å². The van der Waals surface area contributed by atoms with Gasteiger partial charge in [-0.3, -0.25) is 4.79 Å². The van der Waals surface area contributed by atoms with Crippen molar-refractivity contribution >= 4 is 39.4 Å². The van der Waals surface area contributed by atoms with E-state index in [4.69, 9.17) is 4.74 Å². The number of ether oxygens (including phenoxy) is 2. The Kier molecular flexibility index (Phi) is 6.12. The van der Waals surface area contributed by atoms with Gasteiger partial charge in [-0.2, -0.15) is 0 Å². The molecule has 0 aromatic carbocycles. The van der Waals surface area contributed by atoms with Crippen LogP contribution >= 0.6 is 21.6 Å². The fourth-order valence-corrected chi connectivity index (χ4v) is 4.77. The number of aliphatic hydroxyl groups is 3. The number of carbonyl (C=O) groups excluding carboxylic acids is 3. The quantitative estimate of drug-likeness (QED) is 0.382. The van der Waals surface area contributed by atoms with Gasteiger partial charge in [0.2, 0.25) is 11.7 Å². The van der Waals surface area contributed by atoms with Crippen LogP contribution in [0, 0.1) is 5.41 Å². The van der Waals surface area contributed by atoms with Gasteiger partial charge in [-0.15, -0.1) is 0 Å². The van der Waals surface area contributed by atoms with E-state index in [9.17, 15) is 29.7 Å². The molecule has 1 fully saturated rings. The Labute approximate surface area is 151 Å². The Hall–Kier alpha value is -1.59. The molecule has 9 nitrogen and oxygen atoms in total. The van der Waals surface area contributed by atoms with Gasteiger partial charge >= 0.3 is 11.9 Å². The third-order valence-electron chi connectivity index (χ3n) is 3.63. The summed E-state index contributed by atoms with van der Waals surface area (Å²) >= 11 is 0. The van der Waals surface area contributed by atoms with Crippen LogP contribution in [0.15, 0.2) is 11.5 Å². The minimum Gasteiger partial charge on any atom is -0.505 e. The van der Waals surface area contributed by atoms with Crippen molar-refractivity contribution in [2.75, 3.05) is 18.1 Å². The molecule has 3 atom stereocenters. The molecule has 0 aliphatic carbocycles. The Balaban J connectivity index is 1.91. The summed E-state index contributed by atoms with van der Waals surface area (Å²) in [5.41, 5.74) is -0.637. The highest BCUT2D eigenvalue weighted by Gasteiger charge is 2.40. The Morgan fingerprint density at radius 3 is 2.68 bits per heavy atom. The summed E-state index contributed by atoms with van der Waals surface area (Å²) in [6.07, 6.45) is -3.06. The van der Waals surface area contributed by atoms with Crippen LogP contribution in [0.3, 0.4) is 0 Å². The molecule has 2 heterocycles. The molecule has 1 amide bonds. The molecule has 2 aliphatic rings. The molecule has 3 unspecified atom stereocenters. The third-order valence-corrected chi connectivity index (χ3v) is 6.37. The van der Waals surface area contributed by atoms with Gasteiger partial charge in [0.05, 0.1) is 5.41 Å². The number of rotatable bonds is 4. The molecule has 1 saturated heterocycles. The highest BCUT2D eigenvalue weighted by atomic mass is 33.1. The van der Waals surface area contributed by atoms with Crippen LogP contribution < -0.4 is 5.32 Å². The van der Waals surface area contributed by atoms with Crippen LogP contribution in [0.2, 0.25) is 0 Å². The monoisotopic (exact) mass is 393 g/mol. The average Bonchev–Trinajstić information content (AvgIpc) is 2.81. The number of aliphatic hydroxyl groups excluding tert-OH is 3. The standard InChI is InChI=1S/C14H19NO8S2/c1-14(2)5-25-24-4-6(15-13(14)21)11(19)22-3-7(16)10-8(17)9(18)12(20)23-10/h6-7,10,16-18H,3-5H2,1-2H3,(H,15,21). The van der Waals surface area contributed by atoms with E-state index < -0.39 is 53.7 Å². The van der Waals surface area contributed by atoms with Gasteiger partial charge in [0.15, 0.2) is 11.9 Å². The summed E-state index contributed by atoms with van der Waals surface area (Å²) in [6.45, 7) is 2.95. The van der Waals surface area contributed by atoms with Crippen LogP contribution in [0.5, 0.6) is 0 Å². The molecule has 0 spiro atoms. The van der Waals surface area contributed by atoms with Crippen LogP contribution in [-0.4, -0.2) is 69.5 Å². The zero-order chi connectivity index (χ0) is 18.8. The van der Waals surface area contributed by atoms with Crippen molar-refractivity contribution < 1.29 is 39.2 Å². The van der Waals surface area contributed by atoms with Gasteiger partial charge in [0.25, 0.3) is 0 Å². The van der Waals surface area contributed by atoms with Crippen molar-refractivity contribution in [2.45, 2.75) is 32.1 Å². The zero-order valence-corrected chi connectivity index (χ0v) is 15.2. The topological polar surface area (TPSA) is 142 Å². The van der Waals surface area contributed by atoms with E-state index in [1.165, 1.54) is 21.6 Å². The lowest BCUT2D eigenvalue weighted by Gasteiger charge is -2.29. The van der Waals surface area contributed by atoms with E-state index in [0.29, 0.717) is 11.5 Å². The van der Waals surface area contributed by atoms with E-state index in [1.807, 2.05) is 0 Å². The van der Waals surface area contributed by atoms with E-state index in [-0.39, 0.29) is 5.91 Å². The summed E-state index contributed by atoms with van der Waals surface area (Å²) in [7, 11) is 2.90. The first-order valence-corrected chi connectivity index (χ1v) is 9.85. The van der Waals surface area contributed by atoms with Crippen molar-refractivity contribution in [2.24, 2.45) is 5.41 Å². The SMILES string of the molecule is CC1(C)CSSCC(C(=O)OCC(O)C2OC(=O)C(O)=C2O)NC1=O. The Morgan fingerprint density at radius 1 is 1.40 bits per heavy atom. The van der Waals surface area contributed by atoms with E-state index in [1.54, 1.807) is 13.8 Å².